The van der Waals surface area contributed by atoms with Gasteiger partial charge in [-0.1, -0.05) is 30.3 Å². The third kappa shape index (κ3) is 4.06. The molecule has 0 aliphatic carbocycles. The molecule has 6 heteroatoms. The monoisotopic (exact) mass is 331 g/mol. The van der Waals surface area contributed by atoms with Crippen LogP contribution in [0.1, 0.15) is 24.8 Å². The first-order chi connectivity index (χ1) is 11.7. The maximum absolute atomic E-state index is 12.3. The molecule has 3 rings (SSSR count). The van der Waals surface area contributed by atoms with Gasteiger partial charge >= 0.3 is 6.03 Å². The Kier molecular flexibility index (Phi) is 5.35. The van der Waals surface area contributed by atoms with Gasteiger partial charge in [0.15, 0.2) is 0 Å². The van der Waals surface area contributed by atoms with E-state index in [1.54, 1.807) is 9.80 Å². The largest absolute Gasteiger partial charge is 0.396 e. The molecule has 24 heavy (non-hydrogen) atoms. The number of nitrogens with zero attached hydrogens (tertiary/aromatic N) is 2. The normalized spacial score (nSPS) is 22.0. The van der Waals surface area contributed by atoms with Crippen LogP contribution in [-0.2, 0) is 11.3 Å². The first-order valence-electron chi connectivity index (χ1n) is 8.63. The lowest BCUT2D eigenvalue weighted by Gasteiger charge is -2.32. The smallest absolute Gasteiger partial charge is 0.317 e. The number of benzene rings is 1. The van der Waals surface area contributed by atoms with Gasteiger partial charge in [-0.15, -0.1) is 0 Å². The fourth-order valence-corrected chi connectivity index (χ4v) is 3.41. The second-order valence-corrected chi connectivity index (χ2v) is 6.72. The van der Waals surface area contributed by atoms with Gasteiger partial charge in [0.05, 0.1) is 6.04 Å². The van der Waals surface area contributed by atoms with Crippen LogP contribution in [0.3, 0.4) is 0 Å². The summed E-state index contributed by atoms with van der Waals surface area (Å²) in [6.45, 7) is 2.69. The summed E-state index contributed by atoms with van der Waals surface area (Å²) in [5, 5.41) is 12.2. The van der Waals surface area contributed by atoms with E-state index < -0.39 is 0 Å². The van der Waals surface area contributed by atoms with Crippen molar-refractivity contribution in [2.45, 2.75) is 31.8 Å². The van der Waals surface area contributed by atoms with Crippen molar-refractivity contribution < 1.29 is 14.7 Å². The summed E-state index contributed by atoms with van der Waals surface area (Å²) in [5.74, 6) is 0.395. The average molecular weight is 331 g/mol. The molecular formula is C18H25N3O3. The highest BCUT2D eigenvalue weighted by Gasteiger charge is 2.32. The number of likely N-dealkylation sites (tertiary alicyclic amines) is 2. The molecule has 0 radical (unpaired) electrons. The molecule has 2 aliphatic rings. The van der Waals surface area contributed by atoms with Crippen LogP contribution in [0.15, 0.2) is 30.3 Å². The molecule has 1 aromatic rings. The van der Waals surface area contributed by atoms with Crippen LogP contribution in [0.2, 0.25) is 0 Å². The summed E-state index contributed by atoms with van der Waals surface area (Å²) in [7, 11) is 0. The predicted molar refractivity (Wildman–Crippen MR) is 90.2 cm³/mol. The Hall–Kier alpha value is -2.08. The number of carbonyl (C=O) groups excluding carboxylic acids is 2. The lowest BCUT2D eigenvalue weighted by molar-refractivity contribution is -0.128. The Balaban J connectivity index is 1.48. The van der Waals surface area contributed by atoms with Gasteiger partial charge in [-0.2, -0.15) is 0 Å². The molecule has 130 valence electrons. The molecule has 2 fully saturated rings. The minimum atomic E-state index is -0.121. The van der Waals surface area contributed by atoms with E-state index in [1.165, 1.54) is 0 Å². The van der Waals surface area contributed by atoms with Crippen molar-refractivity contribution in [3.63, 3.8) is 0 Å². The van der Waals surface area contributed by atoms with Crippen molar-refractivity contribution in [3.8, 4) is 0 Å². The lowest BCUT2D eigenvalue weighted by atomic mass is 9.98. The van der Waals surface area contributed by atoms with Crippen LogP contribution in [0, 0.1) is 5.92 Å². The van der Waals surface area contributed by atoms with Crippen molar-refractivity contribution in [2.24, 2.45) is 5.92 Å². The number of aliphatic hydroxyl groups is 1. The van der Waals surface area contributed by atoms with Crippen molar-refractivity contribution in [2.75, 3.05) is 26.2 Å². The van der Waals surface area contributed by atoms with E-state index in [4.69, 9.17) is 5.11 Å². The van der Waals surface area contributed by atoms with E-state index in [1.807, 2.05) is 30.3 Å². The zero-order chi connectivity index (χ0) is 16.9. The van der Waals surface area contributed by atoms with E-state index in [9.17, 15) is 9.59 Å². The standard InChI is InChI=1S/C18H25N3O3/c22-13-15-6-8-20(9-7-15)18(24)19-16-10-17(23)21(12-16)11-14-4-2-1-3-5-14/h1-5,15-16,22H,6-13H2,(H,19,24)/t16-/m1/s1. The molecule has 0 unspecified atom stereocenters. The Labute approximate surface area is 142 Å². The van der Waals surface area contributed by atoms with Crippen molar-refractivity contribution >= 4 is 11.9 Å². The first kappa shape index (κ1) is 16.8. The molecule has 0 spiro atoms. The number of nitrogens with one attached hydrogen (secondary N) is 1. The third-order valence-corrected chi connectivity index (χ3v) is 4.92. The first-order valence-corrected chi connectivity index (χ1v) is 8.63. The van der Waals surface area contributed by atoms with E-state index in [0.29, 0.717) is 38.5 Å². The van der Waals surface area contributed by atoms with Gasteiger partial charge < -0.3 is 20.2 Å². The van der Waals surface area contributed by atoms with Crippen LogP contribution in [0.25, 0.3) is 0 Å². The van der Waals surface area contributed by atoms with Crippen molar-refractivity contribution in [3.05, 3.63) is 35.9 Å². The molecule has 6 nitrogen and oxygen atoms in total. The summed E-state index contributed by atoms with van der Waals surface area (Å²) in [5.41, 5.74) is 1.10. The van der Waals surface area contributed by atoms with Gasteiger partial charge in [0.1, 0.15) is 0 Å². The Morgan fingerprint density at radius 3 is 2.58 bits per heavy atom. The van der Waals surface area contributed by atoms with E-state index >= 15 is 0 Å². The number of piperidine rings is 1. The highest BCUT2D eigenvalue weighted by Crippen LogP contribution is 2.18. The number of rotatable bonds is 4. The Morgan fingerprint density at radius 1 is 1.21 bits per heavy atom. The minimum absolute atomic E-state index is 0.0862. The number of amides is 3. The molecule has 2 N–H and O–H groups in total. The molecule has 1 atom stereocenters. The highest BCUT2D eigenvalue weighted by atomic mass is 16.3. The van der Waals surface area contributed by atoms with Gasteiger partial charge in [0.25, 0.3) is 0 Å². The molecular weight excluding hydrogens is 306 g/mol. The van der Waals surface area contributed by atoms with E-state index in [0.717, 1.165) is 18.4 Å². The zero-order valence-electron chi connectivity index (χ0n) is 13.9. The molecule has 2 heterocycles. The van der Waals surface area contributed by atoms with Crippen LogP contribution in [-0.4, -0.2) is 59.1 Å². The van der Waals surface area contributed by atoms with Gasteiger partial charge in [0.2, 0.25) is 5.91 Å². The topological polar surface area (TPSA) is 72.9 Å². The minimum Gasteiger partial charge on any atom is -0.396 e. The zero-order valence-corrected chi connectivity index (χ0v) is 13.9. The summed E-state index contributed by atoms with van der Waals surface area (Å²) < 4.78 is 0. The number of aliphatic hydroxyl groups excluding tert-OH is 1. The van der Waals surface area contributed by atoms with E-state index in [2.05, 4.69) is 5.32 Å². The predicted octanol–water partition coefficient (Wildman–Crippen LogP) is 1.20. The van der Waals surface area contributed by atoms with E-state index in [-0.39, 0.29) is 24.6 Å². The van der Waals surface area contributed by atoms with Crippen LogP contribution in [0.4, 0.5) is 4.79 Å². The van der Waals surface area contributed by atoms with Crippen LogP contribution >= 0.6 is 0 Å². The molecule has 2 aliphatic heterocycles. The average Bonchev–Trinajstić information content (AvgIpc) is 2.95. The second kappa shape index (κ2) is 7.66. The fraction of sp³-hybridized carbons (Fsp3) is 0.556. The highest BCUT2D eigenvalue weighted by molar-refractivity contribution is 5.81. The Morgan fingerprint density at radius 2 is 1.92 bits per heavy atom. The van der Waals surface area contributed by atoms with Crippen molar-refractivity contribution in [1.82, 2.24) is 15.1 Å². The maximum atomic E-state index is 12.3. The third-order valence-electron chi connectivity index (χ3n) is 4.92. The molecule has 0 bridgehead atoms. The lowest BCUT2D eigenvalue weighted by Crippen LogP contribution is -2.48. The van der Waals surface area contributed by atoms with Crippen LogP contribution < -0.4 is 5.32 Å². The quantitative estimate of drug-likeness (QED) is 0.871. The second-order valence-electron chi connectivity index (χ2n) is 6.72. The SMILES string of the molecule is O=C1C[C@@H](NC(=O)N2CCC(CO)CC2)CN1Cc1ccccc1. The number of hydrogen-bond donors (Lipinski definition) is 2. The fourth-order valence-electron chi connectivity index (χ4n) is 3.41. The van der Waals surface area contributed by atoms with Gasteiger partial charge in [0, 0.05) is 39.2 Å². The molecule has 3 amide bonds. The molecule has 1 aromatic carbocycles. The number of carbonyl (C=O) groups is 2. The number of urea groups is 1. The van der Waals surface area contributed by atoms with Gasteiger partial charge in [-0.3, -0.25) is 4.79 Å². The molecule has 0 aromatic heterocycles. The summed E-state index contributed by atoms with van der Waals surface area (Å²) in [6, 6.07) is 9.68. The van der Waals surface area contributed by atoms with Gasteiger partial charge in [-0.25, -0.2) is 4.79 Å². The van der Waals surface area contributed by atoms with Crippen LogP contribution in [0.5, 0.6) is 0 Å². The van der Waals surface area contributed by atoms with Gasteiger partial charge in [-0.05, 0) is 24.3 Å². The molecule has 0 saturated carbocycles. The summed E-state index contributed by atoms with van der Waals surface area (Å²) >= 11 is 0. The van der Waals surface area contributed by atoms with Crippen molar-refractivity contribution in [1.29, 1.82) is 0 Å². The molecule has 2 saturated heterocycles. The number of hydrogen-bond acceptors (Lipinski definition) is 3. The summed E-state index contributed by atoms with van der Waals surface area (Å²) in [6.07, 6.45) is 2.05. The summed E-state index contributed by atoms with van der Waals surface area (Å²) in [4.78, 5) is 28.1. The Bertz CT molecular complexity index is 570. The maximum Gasteiger partial charge on any atom is 0.317 e.